The first kappa shape index (κ1) is 24.3. The molecule has 190 valence electrons. The molecular formula is C26H22F3N5O3. The second-order valence-electron chi connectivity index (χ2n) is 8.48. The van der Waals surface area contributed by atoms with E-state index in [0.717, 1.165) is 12.4 Å². The van der Waals surface area contributed by atoms with E-state index in [9.17, 15) is 22.8 Å². The number of methoxy groups -OCH3 is 1. The van der Waals surface area contributed by atoms with E-state index in [1.54, 1.807) is 40.1 Å². The van der Waals surface area contributed by atoms with Gasteiger partial charge in [0, 0.05) is 31.6 Å². The van der Waals surface area contributed by atoms with Crippen LogP contribution in [0.2, 0.25) is 0 Å². The van der Waals surface area contributed by atoms with Gasteiger partial charge in [-0.15, -0.1) is 0 Å². The summed E-state index contributed by atoms with van der Waals surface area (Å²) in [4.78, 5) is 37.3. The minimum Gasteiger partial charge on any atom is -0.495 e. The summed E-state index contributed by atoms with van der Waals surface area (Å²) in [6.07, 6.45) is -2.49. The van der Waals surface area contributed by atoms with Crippen molar-refractivity contribution in [2.24, 2.45) is 0 Å². The van der Waals surface area contributed by atoms with E-state index in [2.05, 4.69) is 16.5 Å². The van der Waals surface area contributed by atoms with Crippen LogP contribution < -0.4 is 15.2 Å². The zero-order valence-electron chi connectivity index (χ0n) is 19.8. The van der Waals surface area contributed by atoms with E-state index < -0.39 is 17.4 Å². The van der Waals surface area contributed by atoms with Crippen LogP contribution in [-0.4, -0.2) is 58.6 Å². The SMILES string of the molecule is C=CC(=O)N1CCN(c2ncnc3c(=O)n(-c4c(OC)ccc5ccccc45)c(C(F)(F)F)cc23)CC1. The van der Waals surface area contributed by atoms with Gasteiger partial charge in [0.1, 0.15) is 29.1 Å². The Morgan fingerprint density at radius 3 is 2.46 bits per heavy atom. The van der Waals surface area contributed by atoms with E-state index in [1.165, 1.54) is 19.3 Å². The normalized spacial score (nSPS) is 14.3. The van der Waals surface area contributed by atoms with Crippen molar-refractivity contribution >= 4 is 33.4 Å². The summed E-state index contributed by atoms with van der Waals surface area (Å²) in [5, 5.41) is 1.05. The van der Waals surface area contributed by atoms with Crippen molar-refractivity contribution in [2.45, 2.75) is 6.18 Å². The fourth-order valence-electron chi connectivity index (χ4n) is 4.69. The molecule has 0 saturated carbocycles. The third-order valence-electron chi connectivity index (χ3n) is 6.45. The third kappa shape index (κ3) is 4.15. The summed E-state index contributed by atoms with van der Waals surface area (Å²) in [5.74, 6) is 0.0942. The van der Waals surface area contributed by atoms with E-state index in [0.29, 0.717) is 41.5 Å². The maximum Gasteiger partial charge on any atom is 0.431 e. The lowest BCUT2D eigenvalue weighted by molar-refractivity contribution is -0.142. The molecule has 0 aliphatic carbocycles. The summed E-state index contributed by atoms with van der Waals surface area (Å²) >= 11 is 0. The second kappa shape index (κ2) is 9.23. The smallest absolute Gasteiger partial charge is 0.431 e. The number of carbonyl (C=O) groups excluding carboxylic acids is 1. The van der Waals surface area contributed by atoms with E-state index in [4.69, 9.17) is 4.74 Å². The number of rotatable bonds is 4. The Balaban J connectivity index is 1.75. The number of piperazine rings is 1. The van der Waals surface area contributed by atoms with Crippen LogP contribution in [0.4, 0.5) is 19.0 Å². The van der Waals surface area contributed by atoms with E-state index >= 15 is 0 Å². The summed E-state index contributed by atoms with van der Waals surface area (Å²) in [6, 6.07) is 11.0. The molecule has 4 aromatic rings. The maximum absolute atomic E-state index is 14.5. The Bertz CT molecular complexity index is 1590. The van der Waals surface area contributed by atoms with Gasteiger partial charge in [-0.1, -0.05) is 36.9 Å². The predicted molar refractivity (Wildman–Crippen MR) is 133 cm³/mol. The van der Waals surface area contributed by atoms with E-state index in [1.807, 2.05) is 0 Å². The molecule has 0 spiro atoms. The van der Waals surface area contributed by atoms with Gasteiger partial charge in [0.25, 0.3) is 5.56 Å². The van der Waals surface area contributed by atoms with Crippen LogP contribution in [0.5, 0.6) is 5.75 Å². The minimum absolute atomic E-state index is 0.0150. The van der Waals surface area contributed by atoms with Crippen LogP contribution in [0.25, 0.3) is 27.4 Å². The molecule has 2 aromatic heterocycles. The number of pyridine rings is 1. The van der Waals surface area contributed by atoms with Crippen LogP contribution >= 0.6 is 0 Å². The number of alkyl halides is 3. The van der Waals surface area contributed by atoms with Crippen molar-refractivity contribution in [3.63, 3.8) is 0 Å². The molecule has 3 heterocycles. The van der Waals surface area contributed by atoms with Crippen molar-refractivity contribution in [3.8, 4) is 11.4 Å². The van der Waals surface area contributed by atoms with Crippen molar-refractivity contribution in [1.82, 2.24) is 19.4 Å². The molecule has 1 amide bonds. The zero-order chi connectivity index (χ0) is 26.3. The second-order valence-corrected chi connectivity index (χ2v) is 8.48. The van der Waals surface area contributed by atoms with Gasteiger partial charge in [0.2, 0.25) is 5.91 Å². The summed E-state index contributed by atoms with van der Waals surface area (Å²) < 4.78 is 49.6. The molecule has 0 unspecified atom stereocenters. The topological polar surface area (TPSA) is 80.6 Å². The maximum atomic E-state index is 14.5. The first-order valence-corrected chi connectivity index (χ1v) is 11.4. The number of amides is 1. The molecule has 1 aliphatic rings. The molecule has 0 N–H and O–H groups in total. The number of halogens is 3. The Morgan fingerprint density at radius 1 is 1.05 bits per heavy atom. The van der Waals surface area contributed by atoms with Gasteiger partial charge in [0.05, 0.1) is 18.2 Å². The first-order chi connectivity index (χ1) is 17.7. The molecule has 0 radical (unpaired) electrons. The molecule has 2 aromatic carbocycles. The molecule has 5 rings (SSSR count). The Labute approximate surface area is 209 Å². The lowest BCUT2D eigenvalue weighted by atomic mass is 10.1. The van der Waals surface area contributed by atoms with Gasteiger partial charge in [-0.2, -0.15) is 13.2 Å². The number of nitrogens with zero attached hydrogens (tertiary/aromatic N) is 5. The summed E-state index contributed by atoms with van der Waals surface area (Å²) in [7, 11) is 1.34. The minimum atomic E-state index is -4.88. The fraction of sp³-hybridized carbons (Fsp3) is 0.231. The highest BCUT2D eigenvalue weighted by Gasteiger charge is 2.37. The number of aromatic nitrogens is 3. The monoisotopic (exact) mass is 509 g/mol. The van der Waals surface area contributed by atoms with Crippen LogP contribution in [-0.2, 0) is 11.0 Å². The highest BCUT2D eigenvalue weighted by Crippen LogP contribution is 2.38. The predicted octanol–water partition coefficient (Wildman–Crippen LogP) is 3.80. The van der Waals surface area contributed by atoms with Crippen molar-refractivity contribution in [2.75, 3.05) is 38.2 Å². The zero-order valence-corrected chi connectivity index (χ0v) is 19.8. The lowest BCUT2D eigenvalue weighted by Gasteiger charge is -2.35. The van der Waals surface area contributed by atoms with E-state index in [-0.39, 0.29) is 34.1 Å². The Hall–Kier alpha value is -4.41. The first-order valence-electron chi connectivity index (χ1n) is 11.4. The van der Waals surface area contributed by atoms with Crippen LogP contribution in [0.3, 0.4) is 0 Å². The molecule has 0 atom stereocenters. The largest absolute Gasteiger partial charge is 0.495 e. The number of carbonyl (C=O) groups is 1. The molecule has 1 fully saturated rings. The van der Waals surface area contributed by atoms with Gasteiger partial charge in [-0.3, -0.25) is 14.2 Å². The lowest BCUT2D eigenvalue weighted by Crippen LogP contribution is -2.48. The average Bonchev–Trinajstić information content (AvgIpc) is 2.91. The number of ether oxygens (including phenoxy) is 1. The Kier molecular flexibility index (Phi) is 6.06. The van der Waals surface area contributed by atoms with Gasteiger partial charge in [-0.25, -0.2) is 9.97 Å². The van der Waals surface area contributed by atoms with Gasteiger partial charge < -0.3 is 14.5 Å². The van der Waals surface area contributed by atoms with Crippen LogP contribution in [0.1, 0.15) is 5.69 Å². The fourth-order valence-corrected chi connectivity index (χ4v) is 4.69. The number of fused-ring (bicyclic) bond motifs is 2. The third-order valence-corrected chi connectivity index (χ3v) is 6.45. The van der Waals surface area contributed by atoms with Crippen molar-refractivity contribution in [3.05, 3.63) is 77.5 Å². The molecule has 37 heavy (non-hydrogen) atoms. The number of hydrogen-bond acceptors (Lipinski definition) is 6. The molecule has 11 heteroatoms. The van der Waals surface area contributed by atoms with Crippen LogP contribution in [0.15, 0.2) is 66.2 Å². The van der Waals surface area contributed by atoms with Gasteiger partial charge in [-0.05, 0) is 23.6 Å². The number of hydrogen-bond donors (Lipinski definition) is 0. The molecule has 0 bridgehead atoms. The molecular weight excluding hydrogens is 487 g/mol. The average molecular weight is 509 g/mol. The summed E-state index contributed by atoms with van der Waals surface area (Å²) in [5.41, 5.74) is -2.28. The molecule has 8 nitrogen and oxygen atoms in total. The molecule has 1 saturated heterocycles. The van der Waals surface area contributed by atoms with Crippen molar-refractivity contribution in [1.29, 1.82) is 0 Å². The standard InChI is InChI=1S/C26H22F3N5O3/c1-3-21(35)32-10-12-33(13-11-32)24-18-14-20(26(27,28)29)34(25(36)22(18)30-15-31-24)23-17-7-5-4-6-16(17)8-9-19(23)37-2/h3-9,14-15H,1,10-13H2,2H3. The number of benzene rings is 2. The highest BCUT2D eigenvalue weighted by atomic mass is 19.4. The van der Waals surface area contributed by atoms with Crippen molar-refractivity contribution < 1.29 is 22.7 Å². The quantitative estimate of drug-likeness (QED) is 0.390. The molecule has 1 aliphatic heterocycles. The Morgan fingerprint density at radius 2 is 1.78 bits per heavy atom. The van der Waals surface area contributed by atoms with Gasteiger partial charge in [0.15, 0.2) is 0 Å². The number of anilines is 1. The highest BCUT2D eigenvalue weighted by molar-refractivity contribution is 5.95. The summed E-state index contributed by atoms with van der Waals surface area (Å²) in [6.45, 7) is 4.82. The van der Waals surface area contributed by atoms with Crippen LogP contribution in [0, 0.1) is 0 Å². The van der Waals surface area contributed by atoms with Gasteiger partial charge >= 0.3 is 6.18 Å².